The molecule has 0 spiro atoms. The summed E-state index contributed by atoms with van der Waals surface area (Å²) in [7, 11) is -3.10. The molecule has 1 fully saturated rings. The highest BCUT2D eigenvalue weighted by atomic mass is 32.2. The van der Waals surface area contributed by atoms with Crippen molar-refractivity contribution in [1.29, 1.82) is 0 Å². The van der Waals surface area contributed by atoms with Gasteiger partial charge in [0.25, 0.3) is 0 Å². The van der Waals surface area contributed by atoms with Gasteiger partial charge in [0.2, 0.25) is 10.0 Å². The molecule has 0 unspecified atom stereocenters. The predicted molar refractivity (Wildman–Crippen MR) is 66.9 cm³/mol. The van der Waals surface area contributed by atoms with Gasteiger partial charge in [-0.05, 0) is 46.2 Å². The van der Waals surface area contributed by atoms with E-state index in [9.17, 15) is 8.42 Å². The first kappa shape index (κ1) is 13.9. The summed E-state index contributed by atoms with van der Waals surface area (Å²) < 4.78 is 26.2. The van der Waals surface area contributed by atoms with E-state index in [-0.39, 0.29) is 11.3 Å². The quantitative estimate of drug-likeness (QED) is 0.795. The maximum absolute atomic E-state index is 12.2. The van der Waals surface area contributed by atoms with E-state index >= 15 is 0 Å². The summed E-state index contributed by atoms with van der Waals surface area (Å²) in [6, 6.07) is 0.202. The zero-order valence-electron chi connectivity index (χ0n) is 10.6. The van der Waals surface area contributed by atoms with Gasteiger partial charge >= 0.3 is 0 Å². The fourth-order valence-electron chi connectivity index (χ4n) is 2.10. The minimum absolute atomic E-state index is 0.202. The Hall–Kier alpha value is -0.130. The van der Waals surface area contributed by atoms with Gasteiger partial charge in [-0.3, -0.25) is 0 Å². The second-order valence-corrected chi connectivity index (χ2v) is 7.13. The van der Waals surface area contributed by atoms with Crippen LogP contribution in [-0.4, -0.2) is 43.6 Å². The Morgan fingerprint density at radius 3 is 2.31 bits per heavy atom. The molecule has 1 rings (SSSR count). The summed E-state index contributed by atoms with van der Waals surface area (Å²) in [4.78, 5) is 0. The number of sulfonamides is 1. The molecule has 0 aromatic carbocycles. The van der Waals surface area contributed by atoms with E-state index in [2.05, 4.69) is 5.32 Å². The molecule has 1 aliphatic heterocycles. The molecular formula is C11H24N2O2S. The Bertz CT molecular complexity index is 295. The number of hydrogen-bond acceptors (Lipinski definition) is 3. The van der Waals surface area contributed by atoms with Gasteiger partial charge in [-0.25, -0.2) is 8.42 Å². The first-order valence-electron chi connectivity index (χ1n) is 6.21. The summed E-state index contributed by atoms with van der Waals surface area (Å²) in [6.45, 7) is 8.07. The maximum atomic E-state index is 12.2. The topological polar surface area (TPSA) is 49.4 Å². The van der Waals surface area contributed by atoms with Crippen molar-refractivity contribution in [3.63, 3.8) is 0 Å². The highest BCUT2D eigenvalue weighted by Crippen LogP contribution is 2.19. The largest absolute Gasteiger partial charge is 0.317 e. The molecule has 0 saturated carbocycles. The number of nitrogens with one attached hydrogen (secondary N) is 1. The van der Waals surface area contributed by atoms with Crippen LogP contribution < -0.4 is 5.32 Å². The summed E-state index contributed by atoms with van der Waals surface area (Å²) in [5.41, 5.74) is 0. The van der Waals surface area contributed by atoms with Crippen molar-refractivity contribution in [3.05, 3.63) is 0 Å². The van der Waals surface area contributed by atoms with Gasteiger partial charge in [0.05, 0.1) is 5.25 Å². The maximum Gasteiger partial charge on any atom is 0.216 e. The molecule has 5 heteroatoms. The van der Waals surface area contributed by atoms with Crippen molar-refractivity contribution in [2.75, 3.05) is 19.6 Å². The van der Waals surface area contributed by atoms with Crippen LogP contribution >= 0.6 is 0 Å². The van der Waals surface area contributed by atoms with Crippen LogP contribution in [0.1, 0.15) is 40.0 Å². The van der Waals surface area contributed by atoms with Gasteiger partial charge in [0.1, 0.15) is 0 Å². The van der Waals surface area contributed by atoms with Crippen molar-refractivity contribution in [3.8, 4) is 0 Å². The predicted octanol–water partition coefficient (Wildman–Crippen LogP) is 1.19. The summed E-state index contributed by atoms with van der Waals surface area (Å²) >= 11 is 0. The second kappa shape index (κ2) is 5.98. The second-order valence-electron chi connectivity index (χ2n) is 4.69. The molecule has 4 nitrogen and oxygen atoms in total. The lowest BCUT2D eigenvalue weighted by Crippen LogP contribution is -2.48. The molecule has 0 amide bonds. The summed E-state index contributed by atoms with van der Waals surface area (Å²) in [5.74, 6) is 0. The van der Waals surface area contributed by atoms with E-state index in [1.165, 1.54) is 0 Å². The van der Waals surface area contributed by atoms with Crippen molar-refractivity contribution in [1.82, 2.24) is 9.62 Å². The smallest absolute Gasteiger partial charge is 0.216 e. The Labute approximate surface area is 99.5 Å². The summed E-state index contributed by atoms with van der Waals surface area (Å²) in [5, 5.41) is 2.96. The first-order chi connectivity index (χ1) is 7.50. The molecule has 0 atom stereocenters. The van der Waals surface area contributed by atoms with Gasteiger partial charge in [0, 0.05) is 12.6 Å². The van der Waals surface area contributed by atoms with Crippen molar-refractivity contribution < 1.29 is 8.42 Å². The Morgan fingerprint density at radius 2 is 1.88 bits per heavy atom. The van der Waals surface area contributed by atoms with E-state index in [4.69, 9.17) is 0 Å². The highest BCUT2D eigenvalue weighted by molar-refractivity contribution is 7.89. The van der Waals surface area contributed by atoms with Crippen LogP contribution in [0.4, 0.5) is 0 Å². The fraction of sp³-hybridized carbons (Fsp3) is 1.00. The molecule has 1 N–H and O–H groups in total. The van der Waals surface area contributed by atoms with Crippen molar-refractivity contribution >= 4 is 10.0 Å². The molecule has 0 bridgehead atoms. The number of rotatable bonds is 5. The molecule has 1 saturated heterocycles. The van der Waals surface area contributed by atoms with Gasteiger partial charge in [-0.2, -0.15) is 4.31 Å². The zero-order valence-corrected chi connectivity index (χ0v) is 11.4. The zero-order chi connectivity index (χ0) is 12.2. The lowest BCUT2D eigenvalue weighted by atomic mass is 10.1. The van der Waals surface area contributed by atoms with E-state index in [0.29, 0.717) is 6.54 Å². The minimum atomic E-state index is -3.10. The normalized spacial score (nSPS) is 19.6. The first-order valence-corrected chi connectivity index (χ1v) is 7.71. The fourth-order valence-corrected chi connectivity index (χ4v) is 3.71. The molecule has 0 aliphatic carbocycles. The summed E-state index contributed by atoms with van der Waals surface area (Å²) in [6.07, 6.45) is 2.76. The monoisotopic (exact) mass is 248 g/mol. The van der Waals surface area contributed by atoms with Crippen molar-refractivity contribution in [2.45, 2.75) is 51.3 Å². The van der Waals surface area contributed by atoms with Gasteiger partial charge in [-0.15, -0.1) is 0 Å². The van der Waals surface area contributed by atoms with E-state index in [1.807, 2.05) is 6.92 Å². The average molecular weight is 248 g/mol. The SMILES string of the molecule is CCCN(C1CCNCC1)S(=O)(=O)C(C)C. The number of hydrogen-bond donors (Lipinski definition) is 1. The van der Waals surface area contributed by atoms with Crippen LogP contribution in [0, 0.1) is 0 Å². The van der Waals surface area contributed by atoms with E-state index in [1.54, 1.807) is 18.2 Å². The standard InChI is InChI=1S/C11H24N2O2S/c1-4-9-13(16(14,15)10(2)3)11-5-7-12-8-6-11/h10-12H,4-9H2,1-3H3. The Morgan fingerprint density at radius 1 is 1.31 bits per heavy atom. The molecule has 1 aliphatic rings. The third-order valence-electron chi connectivity index (χ3n) is 3.08. The third-order valence-corrected chi connectivity index (χ3v) is 5.41. The van der Waals surface area contributed by atoms with E-state index in [0.717, 1.165) is 32.4 Å². The third kappa shape index (κ3) is 3.18. The molecule has 96 valence electrons. The van der Waals surface area contributed by atoms with Gasteiger partial charge in [0.15, 0.2) is 0 Å². The molecule has 0 aromatic rings. The van der Waals surface area contributed by atoms with Crippen molar-refractivity contribution in [2.24, 2.45) is 0 Å². The van der Waals surface area contributed by atoms with Crippen LogP contribution in [0.5, 0.6) is 0 Å². The van der Waals surface area contributed by atoms with Crippen LogP contribution in [0.25, 0.3) is 0 Å². The number of piperidine rings is 1. The average Bonchev–Trinajstić information content (AvgIpc) is 2.26. The highest BCUT2D eigenvalue weighted by Gasteiger charge is 2.32. The van der Waals surface area contributed by atoms with E-state index < -0.39 is 10.0 Å². The van der Waals surface area contributed by atoms with Crippen LogP contribution in [0.15, 0.2) is 0 Å². The van der Waals surface area contributed by atoms with Gasteiger partial charge < -0.3 is 5.32 Å². The minimum Gasteiger partial charge on any atom is -0.317 e. The molecule has 1 heterocycles. The number of nitrogens with zero attached hydrogens (tertiary/aromatic N) is 1. The van der Waals surface area contributed by atoms with Crippen LogP contribution in [0.3, 0.4) is 0 Å². The lowest BCUT2D eigenvalue weighted by Gasteiger charge is -2.34. The Kier molecular flexibility index (Phi) is 5.21. The molecule has 0 aromatic heterocycles. The Balaban J connectivity index is 2.80. The van der Waals surface area contributed by atoms with Gasteiger partial charge in [-0.1, -0.05) is 6.92 Å². The van der Waals surface area contributed by atoms with Crippen LogP contribution in [0.2, 0.25) is 0 Å². The molecule has 0 radical (unpaired) electrons. The van der Waals surface area contributed by atoms with Crippen LogP contribution in [-0.2, 0) is 10.0 Å². The molecule has 16 heavy (non-hydrogen) atoms. The lowest BCUT2D eigenvalue weighted by molar-refractivity contribution is 0.260. The molecular weight excluding hydrogens is 224 g/mol.